The van der Waals surface area contributed by atoms with E-state index in [0.29, 0.717) is 19.8 Å². The smallest absolute Gasteiger partial charge is 0.108 e. The van der Waals surface area contributed by atoms with Crippen LogP contribution in [0.4, 0.5) is 0 Å². The Morgan fingerprint density at radius 3 is 3.27 bits per heavy atom. The van der Waals surface area contributed by atoms with Gasteiger partial charge in [-0.15, -0.1) is 16.4 Å². The normalized spacial score (nSPS) is 24.9. The Morgan fingerprint density at radius 2 is 2.50 bits per heavy atom. The van der Waals surface area contributed by atoms with Gasteiger partial charge in [-0.05, 0) is 11.4 Å². The Labute approximate surface area is 132 Å². The van der Waals surface area contributed by atoms with Gasteiger partial charge >= 0.3 is 0 Å². The van der Waals surface area contributed by atoms with E-state index in [1.807, 2.05) is 17.6 Å². The molecule has 0 aliphatic carbocycles. The van der Waals surface area contributed by atoms with Crippen LogP contribution in [0.2, 0.25) is 0 Å². The van der Waals surface area contributed by atoms with Crippen molar-refractivity contribution < 1.29 is 14.6 Å². The first kappa shape index (κ1) is 15.6. The summed E-state index contributed by atoms with van der Waals surface area (Å²) in [5, 5.41) is 23.6. The van der Waals surface area contributed by atoms with Gasteiger partial charge in [0.15, 0.2) is 0 Å². The summed E-state index contributed by atoms with van der Waals surface area (Å²) in [4.78, 5) is 1.24. The molecule has 2 aromatic rings. The van der Waals surface area contributed by atoms with Crippen LogP contribution in [0.1, 0.15) is 10.6 Å². The molecule has 0 bridgehead atoms. The highest BCUT2D eigenvalue weighted by Crippen LogP contribution is 2.18. The monoisotopic (exact) mass is 324 g/mol. The number of hydrogen-bond acceptors (Lipinski definition) is 7. The Kier molecular flexibility index (Phi) is 5.16. The predicted octanol–water partition coefficient (Wildman–Crippen LogP) is 0.404. The first-order chi connectivity index (χ1) is 10.8. The second-order valence-electron chi connectivity index (χ2n) is 5.29. The SMILES string of the molecule is COCc1cn(C[C@H]2OC[C@H](O)[C@H]2NCc2cccs2)nn1. The van der Waals surface area contributed by atoms with Crippen molar-refractivity contribution in [2.45, 2.75) is 37.9 Å². The fourth-order valence-corrected chi connectivity index (χ4v) is 3.22. The maximum absolute atomic E-state index is 10.1. The van der Waals surface area contributed by atoms with Crippen LogP contribution in [0.25, 0.3) is 0 Å². The first-order valence-electron chi connectivity index (χ1n) is 7.19. The van der Waals surface area contributed by atoms with Crippen molar-refractivity contribution in [3.63, 3.8) is 0 Å². The Morgan fingerprint density at radius 1 is 1.59 bits per heavy atom. The third-order valence-electron chi connectivity index (χ3n) is 3.63. The van der Waals surface area contributed by atoms with Crippen LogP contribution in [0, 0.1) is 0 Å². The van der Waals surface area contributed by atoms with Gasteiger partial charge in [-0.1, -0.05) is 11.3 Å². The molecule has 3 atom stereocenters. The van der Waals surface area contributed by atoms with Crippen LogP contribution in [0.5, 0.6) is 0 Å². The fraction of sp³-hybridized carbons (Fsp3) is 0.571. The van der Waals surface area contributed by atoms with Crippen molar-refractivity contribution in [1.82, 2.24) is 20.3 Å². The van der Waals surface area contributed by atoms with Gasteiger partial charge in [-0.2, -0.15) is 0 Å². The molecule has 1 fully saturated rings. The number of methoxy groups -OCH3 is 1. The third kappa shape index (κ3) is 3.71. The van der Waals surface area contributed by atoms with Gasteiger partial charge in [0.05, 0.1) is 44.2 Å². The molecule has 1 aliphatic rings. The minimum Gasteiger partial charge on any atom is -0.389 e. The van der Waals surface area contributed by atoms with Gasteiger partial charge in [-0.3, -0.25) is 0 Å². The summed E-state index contributed by atoms with van der Waals surface area (Å²) in [6, 6.07) is 3.98. The summed E-state index contributed by atoms with van der Waals surface area (Å²) >= 11 is 1.70. The Balaban J connectivity index is 1.58. The number of aliphatic hydroxyl groups excluding tert-OH is 1. The van der Waals surface area contributed by atoms with Crippen molar-refractivity contribution in [1.29, 1.82) is 0 Å². The van der Waals surface area contributed by atoms with E-state index in [9.17, 15) is 5.11 Å². The summed E-state index contributed by atoms with van der Waals surface area (Å²) < 4.78 is 12.5. The molecule has 0 unspecified atom stereocenters. The van der Waals surface area contributed by atoms with Crippen LogP contribution in [0.3, 0.4) is 0 Å². The molecule has 0 aromatic carbocycles. The lowest BCUT2D eigenvalue weighted by Gasteiger charge is -2.21. The van der Waals surface area contributed by atoms with Crippen molar-refractivity contribution in [3.05, 3.63) is 34.3 Å². The largest absolute Gasteiger partial charge is 0.389 e. The molecule has 22 heavy (non-hydrogen) atoms. The second-order valence-corrected chi connectivity index (χ2v) is 6.32. The molecule has 0 spiro atoms. The van der Waals surface area contributed by atoms with Gasteiger partial charge in [0.1, 0.15) is 5.69 Å². The van der Waals surface area contributed by atoms with E-state index in [2.05, 4.69) is 21.7 Å². The summed E-state index contributed by atoms with van der Waals surface area (Å²) in [6.07, 6.45) is 1.20. The lowest BCUT2D eigenvalue weighted by atomic mass is 10.1. The molecule has 0 radical (unpaired) electrons. The maximum atomic E-state index is 10.1. The number of aliphatic hydroxyl groups is 1. The van der Waals surface area contributed by atoms with Gasteiger partial charge < -0.3 is 19.9 Å². The fourth-order valence-electron chi connectivity index (χ4n) is 2.57. The predicted molar refractivity (Wildman–Crippen MR) is 81.4 cm³/mol. The van der Waals surface area contributed by atoms with E-state index in [0.717, 1.165) is 12.2 Å². The zero-order valence-corrected chi connectivity index (χ0v) is 13.2. The highest BCUT2D eigenvalue weighted by Gasteiger charge is 2.36. The number of nitrogens with zero attached hydrogens (tertiary/aromatic N) is 3. The van der Waals surface area contributed by atoms with Gasteiger partial charge in [0, 0.05) is 18.5 Å². The number of ether oxygens (including phenoxy) is 2. The molecule has 2 aromatic heterocycles. The number of aromatic nitrogens is 3. The van der Waals surface area contributed by atoms with Crippen LogP contribution < -0.4 is 5.32 Å². The van der Waals surface area contributed by atoms with Crippen LogP contribution in [-0.2, 0) is 29.2 Å². The van der Waals surface area contributed by atoms with E-state index >= 15 is 0 Å². The lowest BCUT2D eigenvalue weighted by Crippen LogP contribution is -2.44. The Hall–Kier alpha value is -1.32. The molecule has 3 rings (SSSR count). The molecule has 0 amide bonds. The molecular weight excluding hydrogens is 304 g/mol. The minimum absolute atomic E-state index is 0.114. The highest BCUT2D eigenvalue weighted by atomic mass is 32.1. The van der Waals surface area contributed by atoms with Crippen LogP contribution in [-0.4, -0.2) is 52.1 Å². The van der Waals surface area contributed by atoms with Crippen molar-refractivity contribution in [2.75, 3.05) is 13.7 Å². The molecule has 2 N–H and O–H groups in total. The number of thiophene rings is 1. The molecule has 8 heteroatoms. The summed E-state index contributed by atoms with van der Waals surface area (Å²) in [5.74, 6) is 0. The highest BCUT2D eigenvalue weighted by molar-refractivity contribution is 7.09. The van der Waals surface area contributed by atoms with E-state index in [1.54, 1.807) is 23.1 Å². The molecule has 7 nitrogen and oxygen atoms in total. The Bertz CT molecular complexity index is 574. The van der Waals surface area contributed by atoms with Crippen molar-refractivity contribution >= 4 is 11.3 Å². The average Bonchev–Trinajstić information content (AvgIpc) is 3.22. The maximum Gasteiger partial charge on any atom is 0.108 e. The molecule has 3 heterocycles. The number of nitrogens with one attached hydrogen (secondary N) is 1. The van der Waals surface area contributed by atoms with Gasteiger partial charge in [0.25, 0.3) is 0 Å². The molecule has 0 saturated carbocycles. The molecule has 120 valence electrons. The topological polar surface area (TPSA) is 81.4 Å². The summed E-state index contributed by atoms with van der Waals surface area (Å²) in [6.45, 7) is 2.06. The number of hydrogen-bond donors (Lipinski definition) is 2. The molecular formula is C14H20N4O3S. The van der Waals surface area contributed by atoms with E-state index in [4.69, 9.17) is 9.47 Å². The quantitative estimate of drug-likeness (QED) is 0.767. The average molecular weight is 324 g/mol. The standard InChI is InChI=1S/C14H20N4O3S/c1-20-8-10-6-18(17-16-10)7-13-14(12(19)9-21-13)15-5-11-3-2-4-22-11/h2-4,6,12-15,19H,5,7-9H2,1H3/t12-,13+,14+/m0/s1. The summed E-state index contributed by atoms with van der Waals surface area (Å²) in [5.41, 5.74) is 0.782. The lowest BCUT2D eigenvalue weighted by molar-refractivity contribution is 0.0741. The van der Waals surface area contributed by atoms with Crippen molar-refractivity contribution in [3.8, 4) is 0 Å². The van der Waals surface area contributed by atoms with E-state index in [-0.39, 0.29) is 12.1 Å². The second kappa shape index (κ2) is 7.30. The van der Waals surface area contributed by atoms with Crippen molar-refractivity contribution in [2.24, 2.45) is 0 Å². The molecule has 1 aliphatic heterocycles. The minimum atomic E-state index is -0.507. The first-order valence-corrected chi connectivity index (χ1v) is 8.07. The zero-order valence-electron chi connectivity index (χ0n) is 12.4. The summed E-state index contributed by atoms with van der Waals surface area (Å²) in [7, 11) is 1.62. The van der Waals surface area contributed by atoms with E-state index in [1.165, 1.54) is 4.88 Å². The van der Waals surface area contributed by atoms with Gasteiger partial charge in [0.2, 0.25) is 0 Å². The van der Waals surface area contributed by atoms with Crippen LogP contribution >= 0.6 is 11.3 Å². The number of rotatable bonds is 7. The third-order valence-corrected chi connectivity index (χ3v) is 4.51. The van der Waals surface area contributed by atoms with E-state index < -0.39 is 6.10 Å². The molecule has 1 saturated heterocycles. The van der Waals surface area contributed by atoms with Crippen LogP contribution in [0.15, 0.2) is 23.7 Å². The van der Waals surface area contributed by atoms with Gasteiger partial charge in [-0.25, -0.2) is 4.68 Å². The zero-order chi connectivity index (χ0) is 15.4.